The Kier molecular flexibility index (Phi) is 3.77. The molecule has 2 rings (SSSR count). The van der Waals surface area contributed by atoms with Gasteiger partial charge in [-0.25, -0.2) is 0 Å². The van der Waals surface area contributed by atoms with Crippen LogP contribution < -0.4 is 10.2 Å². The van der Waals surface area contributed by atoms with Gasteiger partial charge in [0.2, 0.25) is 0 Å². The van der Waals surface area contributed by atoms with Crippen LogP contribution in [0, 0.1) is 0 Å². The van der Waals surface area contributed by atoms with Gasteiger partial charge in [0.05, 0.1) is 17.3 Å². The Morgan fingerprint density at radius 1 is 1.06 bits per heavy atom. The third-order valence-electron chi connectivity index (χ3n) is 2.40. The van der Waals surface area contributed by atoms with E-state index in [1.807, 2.05) is 36.4 Å². The van der Waals surface area contributed by atoms with Crippen LogP contribution in [0.5, 0.6) is 0 Å². The van der Waals surface area contributed by atoms with Gasteiger partial charge in [0.1, 0.15) is 0 Å². The zero-order chi connectivity index (χ0) is 12.3. The summed E-state index contributed by atoms with van der Waals surface area (Å²) in [6.07, 6.45) is 0. The van der Waals surface area contributed by atoms with Crippen molar-refractivity contribution in [1.82, 2.24) is 0 Å². The van der Waals surface area contributed by atoms with Gasteiger partial charge in [0.25, 0.3) is 0 Å². The number of halogens is 2. The molecule has 17 heavy (non-hydrogen) atoms. The van der Waals surface area contributed by atoms with Gasteiger partial charge in [-0.05, 0) is 23.8 Å². The number of anilines is 2. The fourth-order valence-electron chi connectivity index (χ4n) is 1.55. The van der Waals surface area contributed by atoms with E-state index in [0.29, 0.717) is 17.3 Å². The molecule has 0 aliphatic heterocycles. The second-order valence-electron chi connectivity index (χ2n) is 3.72. The average Bonchev–Trinajstić information content (AvgIpc) is 2.30. The Morgan fingerprint density at radius 3 is 2.41 bits per heavy atom. The van der Waals surface area contributed by atoms with Crippen molar-refractivity contribution in [2.75, 3.05) is 10.2 Å². The summed E-state index contributed by atoms with van der Waals surface area (Å²) < 4.78 is 1.58. The molecule has 4 heteroatoms. The van der Waals surface area contributed by atoms with Crippen molar-refractivity contribution in [3.63, 3.8) is 0 Å². The van der Waals surface area contributed by atoms with E-state index in [-0.39, 0.29) is 0 Å². The van der Waals surface area contributed by atoms with Crippen molar-refractivity contribution in [3.05, 3.63) is 59.1 Å². The zero-order valence-corrected chi connectivity index (χ0v) is 10.6. The summed E-state index contributed by atoms with van der Waals surface area (Å²) in [6.45, 7) is 0.589. The molecule has 0 atom stereocenters. The Bertz CT molecular complexity index is 500. The lowest BCUT2D eigenvalue weighted by Gasteiger charge is -2.17. The third kappa shape index (κ3) is 3.05. The van der Waals surface area contributed by atoms with Gasteiger partial charge >= 0.3 is 0 Å². The summed E-state index contributed by atoms with van der Waals surface area (Å²) in [6, 6.07) is 15.2. The average molecular weight is 267 g/mol. The first kappa shape index (κ1) is 12.1. The van der Waals surface area contributed by atoms with E-state index < -0.39 is 0 Å². The van der Waals surface area contributed by atoms with Gasteiger partial charge in [-0.2, -0.15) is 0 Å². The van der Waals surface area contributed by atoms with Crippen LogP contribution in [0.3, 0.4) is 0 Å². The highest BCUT2D eigenvalue weighted by molar-refractivity contribution is 6.36. The van der Waals surface area contributed by atoms with Crippen LogP contribution in [0.2, 0.25) is 5.02 Å². The quantitative estimate of drug-likeness (QED) is 0.670. The predicted molar refractivity (Wildman–Crippen MR) is 74.3 cm³/mol. The Labute approximate surface area is 111 Å². The van der Waals surface area contributed by atoms with Crippen molar-refractivity contribution in [2.24, 2.45) is 0 Å². The molecule has 0 aliphatic rings. The van der Waals surface area contributed by atoms with E-state index in [1.54, 1.807) is 16.6 Å². The number of nitrogens with zero attached hydrogens (tertiary/aromatic N) is 1. The van der Waals surface area contributed by atoms with Crippen molar-refractivity contribution < 1.29 is 0 Å². The minimum Gasteiger partial charge on any atom is -0.399 e. The van der Waals surface area contributed by atoms with Gasteiger partial charge in [0, 0.05) is 17.5 Å². The molecule has 0 amide bonds. The molecular weight excluding hydrogens is 255 g/mol. The van der Waals surface area contributed by atoms with Gasteiger partial charge in [-0.15, -0.1) is 0 Å². The highest BCUT2D eigenvalue weighted by Gasteiger charge is 2.08. The van der Waals surface area contributed by atoms with E-state index in [9.17, 15) is 0 Å². The molecule has 0 heterocycles. The zero-order valence-electron chi connectivity index (χ0n) is 9.11. The lowest BCUT2D eigenvalue weighted by molar-refractivity contribution is 1.05. The molecule has 0 bridgehead atoms. The van der Waals surface area contributed by atoms with E-state index in [2.05, 4.69) is 0 Å². The maximum Gasteiger partial charge on any atom is 0.0714 e. The molecule has 2 N–H and O–H groups in total. The standard InChI is InChI=1S/C13H12Cl2N2/c14-12-8-11(16)6-7-13(12)17(15)9-10-4-2-1-3-5-10/h1-8H,9,16H2. The van der Waals surface area contributed by atoms with Crippen LogP contribution in [0.4, 0.5) is 11.4 Å². The van der Waals surface area contributed by atoms with Crippen LogP contribution >= 0.6 is 23.4 Å². The summed E-state index contributed by atoms with van der Waals surface area (Å²) in [7, 11) is 0. The maximum atomic E-state index is 6.21. The number of rotatable bonds is 3. The number of hydrogen-bond acceptors (Lipinski definition) is 2. The van der Waals surface area contributed by atoms with E-state index in [1.165, 1.54) is 0 Å². The lowest BCUT2D eigenvalue weighted by atomic mass is 10.2. The van der Waals surface area contributed by atoms with Crippen molar-refractivity contribution in [3.8, 4) is 0 Å². The molecule has 0 radical (unpaired) electrons. The number of benzene rings is 2. The third-order valence-corrected chi connectivity index (χ3v) is 3.00. The molecule has 0 saturated heterocycles. The normalized spacial score (nSPS) is 10.2. The second kappa shape index (κ2) is 5.30. The minimum atomic E-state index is 0.552. The summed E-state index contributed by atoms with van der Waals surface area (Å²) in [4.78, 5) is 0. The molecule has 0 aromatic heterocycles. The van der Waals surface area contributed by atoms with E-state index in [0.717, 1.165) is 11.3 Å². The number of nitrogen functional groups attached to an aromatic ring is 1. The van der Waals surface area contributed by atoms with Crippen LogP contribution in [0.25, 0.3) is 0 Å². The molecule has 2 aromatic carbocycles. The fourth-order valence-corrected chi connectivity index (χ4v) is 2.17. The SMILES string of the molecule is Nc1ccc(N(Cl)Cc2ccccc2)c(Cl)c1. The first-order chi connectivity index (χ1) is 8.16. The maximum absolute atomic E-state index is 6.21. The monoisotopic (exact) mass is 266 g/mol. The number of nitrogens with two attached hydrogens (primary N) is 1. The van der Waals surface area contributed by atoms with Crippen molar-refractivity contribution in [2.45, 2.75) is 6.54 Å². The van der Waals surface area contributed by atoms with Crippen LogP contribution in [-0.4, -0.2) is 0 Å². The summed E-state index contributed by atoms with van der Waals surface area (Å²) in [5, 5.41) is 0.552. The Hall–Kier alpha value is -1.38. The lowest BCUT2D eigenvalue weighted by Crippen LogP contribution is -2.10. The summed E-state index contributed by atoms with van der Waals surface area (Å²) in [5.74, 6) is 0. The molecule has 0 aliphatic carbocycles. The molecule has 0 unspecified atom stereocenters. The minimum absolute atomic E-state index is 0.552. The van der Waals surface area contributed by atoms with Gasteiger partial charge < -0.3 is 5.73 Å². The van der Waals surface area contributed by atoms with E-state index in [4.69, 9.17) is 29.1 Å². The first-order valence-electron chi connectivity index (χ1n) is 5.19. The summed E-state index contributed by atoms with van der Waals surface area (Å²) >= 11 is 12.3. The number of hydrogen-bond donors (Lipinski definition) is 1. The van der Waals surface area contributed by atoms with Gasteiger partial charge in [-0.1, -0.05) is 41.9 Å². The highest BCUT2D eigenvalue weighted by Crippen LogP contribution is 2.30. The highest BCUT2D eigenvalue weighted by atomic mass is 35.5. The Morgan fingerprint density at radius 2 is 1.76 bits per heavy atom. The summed E-state index contributed by atoms with van der Waals surface area (Å²) in [5.41, 5.74) is 8.14. The molecular formula is C13H12Cl2N2. The molecule has 0 spiro atoms. The predicted octanol–water partition coefficient (Wildman–Crippen LogP) is 4.08. The van der Waals surface area contributed by atoms with Crippen LogP contribution in [0.15, 0.2) is 48.5 Å². The van der Waals surface area contributed by atoms with Gasteiger partial charge in [0.15, 0.2) is 0 Å². The second-order valence-corrected chi connectivity index (χ2v) is 4.53. The fraction of sp³-hybridized carbons (Fsp3) is 0.0769. The van der Waals surface area contributed by atoms with Crippen molar-refractivity contribution in [1.29, 1.82) is 0 Å². The van der Waals surface area contributed by atoms with Crippen LogP contribution in [-0.2, 0) is 6.54 Å². The molecule has 0 saturated carbocycles. The topological polar surface area (TPSA) is 29.3 Å². The first-order valence-corrected chi connectivity index (χ1v) is 5.90. The Balaban J connectivity index is 2.17. The van der Waals surface area contributed by atoms with Crippen LogP contribution in [0.1, 0.15) is 5.56 Å². The molecule has 88 valence electrons. The molecule has 2 aromatic rings. The molecule has 0 fully saturated rings. The largest absolute Gasteiger partial charge is 0.399 e. The van der Waals surface area contributed by atoms with Crippen molar-refractivity contribution >= 4 is 34.8 Å². The molecule has 2 nitrogen and oxygen atoms in total. The van der Waals surface area contributed by atoms with E-state index >= 15 is 0 Å². The smallest absolute Gasteiger partial charge is 0.0714 e. The van der Waals surface area contributed by atoms with Gasteiger partial charge in [-0.3, -0.25) is 4.42 Å².